The Morgan fingerprint density at radius 2 is 2.05 bits per heavy atom. The van der Waals surface area contributed by atoms with Crippen LogP contribution in [-0.4, -0.2) is 11.4 Å². The van der Waals surface area contributed by atoms with Gasteiger partial charge in [-0.15, -0.1) is 0 Å². The summed E-state index contributed by atoms with van der Waals surface area (Å²) in [5.41, 5.74) is 6.36. The minimum atomic E-state index is -0.548. The number of hydrogen-bond acceptors (Lipinski definition) is 2. The fraction of sp³-hybridized carbons (Fsp3) is 0.562. The Morgan fingerprint density at radius 1 is 1.37 bits per heavy atom. The van der Waals surface area contributed by atoms with Crippen LogP contribution in [0.5, 0.6) is 0 Å². The molecule has 0 radical (unpaired) electrons. The van der Waals surface area contributed by atoms with Gasteiger partial charge in [-0.25, -0.2) is 0 Å². The van der Waals surface area contributed by atoms with Crippen LogP contribution in [0.15, 0.2) is 30.3 Å². The summed E-state index contributed by atoms with van der Waals surface area (Å²) in [6.45, 7) is 4.23. The predicted octanol–water partition coefficient (Wildman–Crippen LogP) is 2.77. The molecule has 1 aromatic rings. The van der Waals surface area contributed by atoms with E-state index in [0.717, 1.165) is 19.3 Å². The van der Waals surface area contributed by atoms with Crippen LogP contribution in [0.2, 0.25) is 0 Å². The normalized spacial score (nSPS) is 28.8. The van der Waals surface area contributed by atoms with Crippen molar-refractivity contribution in [3.05, 3.63) is 35.9 Å². The fourth-order valence-electron chi connectivity index (χ4n) is 3.21. The van der Waals surface area contributed by atoms with E-state index >= 15 is 0 Å². The lowest BCUT2D eigenvalue weighted by molar-refractivity contribution is -0.128. The molecular formula is C16H24N2O. The highest BCUT2D eigenvalue weighted by Crippen LogP contribution is 2.35. The number of rotatable bonds is 4. The van der Waals surface area contributed by atoms with Gasteiger partial charge in [0.15, 0.2) is 0 Å². The Bertz CT molecular complexity index is 432. The highest BCUT2D eigenvalue weighted by molar-refractivity contribution is 5.85. The van der Waals surface area contributed by atoms with Crippen LogP contribution in [0.1, 0.15) is 51.1 Å². The van der Waals surface area contributed by atoms with Crippen molar-refractivity contribution in [1.29, 1.82) is 0 Å². The predicted molar refractivity (Wildman–Crippen MR) is 77.6 cm³/mol. The van der Waals surface area contributed by atoms with Gasteiger partial charge in [0.25, 0.3) is 0 Å². The van der Waals surface area contributed by atoms with Crippen LogP contribution in [0, 0.1) is 5.92 Å². The standard InChI is InChI=1S/C16H24N2O/c1-12-8-6-7-11-16(12,15(17)19)18-13(2)14-9-4-3-5-10-14/h3-5,9-10,12-13,18H,6-8,11H2,1-2H3,(H2,17,19)/t12-,13+,16+/m1/s1. The molecule has 1 aliphatic rings. The monoisotopic (exact) mass is 260 g/mol. The van der Waals surface area contributed by atoms with Gasteiger partial charge in [0.1, 0.15) is 5.54 Å². The lowest BCUT2D eigenvalue weighted by Crippen LogP contribution is -2.61. The number of nitrogens with one attached hydrogen (secondary N) is 1. The minimum Gasteiger partial charge on any atom is -0.368 e. The molecular weight excluding hydrogens is 236 g/mol. The number of carbonyl (C=O) groups excluding carboxylic acids is 1. The zero-order chi connectivity index (χ0) is 13.9. The Morgan fingerprint density at radius 3 is 2.63 bits per heavy atom. The van der Waals surface area contributed by atoms with E-state index in [1.54, 1.807) is 0 Å². The van der Waals surface area contributed by atoms with Crippen molar-refractivity contribution in [2.45, 2.75) is 51.1 Å². The van der Waals surface area contributed by atoms with Crippen LogP contribution >= 0.6 is 0 Å². The SMILES string of the molecule is C[C@H](N[C@@]1(C(N)=O)CCCC[C@H]1C)c1ccccc1. The summed E-state index contributed by atoms with van der Waals surface area (Å²) in [6.07, 6.45) is 4.18. The van der Waals surface area contributed by atoms with Crippen molar-refractivity contribution in [1.82, 2.24) is 5.32 Å². The van der Waals surface area contributed by atoms with Gasteiger partial charge in [-0.3, -0.25) is 10.1 Å². The van der Waals surface area contributed by atoms with Gasteiger partial charge in [0.05, 0.1) is 0 Å². The number of amides is 1. The third kappa shape index (κ3) is 2.81. The summed E-state index contributed by atoms with van der Waals surface area (Å²) in [7, 11) is 0. The van der Waals surface area contributed by atoms with Gasteiger partial charge < -0.3 is 5.73 Å². The second kappa shape index (κ2) is 5.74. The molecule has 3 atom stereocenters. The van der Waals surface area contributed by atoms with Crippen molar-refractivity contribution in [3.63, 3.8) is 0 Å². The van der Waals surface area contributed by atoms with E-state index in [1.165, 1.54) is 12.0 Å². The van der Waals surface area contributed by atoms with Gasteiger partial charge in [-0.2, -0.15) is 0 Å². The molecule has 1 amide bonds. The smallest absolute Gasteiger partial charge is 0.238 e. The highest BCUT2D eigenvalue weighted by atomic mass is 16.1. The molecule has 3 nitrogen and oxygen atoms in total. The Balaban J connectivity index is 2.19. The molecule has 1 aromatic carbocycles. The molecule has 3 N–H and O–H groups in total. The van der Waals surface area contributed by atoms with Crippen LogP contribution in [0.3, 0.4) is 0 Å². The summed E-state index contributed by atoms with van der Waals surface area (Å²) in [5, 5.41) is 3.52. The van der Waals surface area contributed by atoms with E-state index < -0.39 is 5.54 Å². The van der Waals surface area contributed by atoms with E-state index in [2.05, 4.69) is 31.3 Å². The Hall–Kier alpha value is -1.35. The number of benzene rings is 1. The fourth-order valence-corrected chi connectivity index (χ4v) is 3.21. The molecule has 1 fully saturated rings. The summed E-state index contributed by atoms with van der Waals surface area (Å²) < 4.78 is 0. The molecule has 2 rings (SSSR count). The van der Waals surface area contributed by atoms with Crippen molar-refractivity contribution in [2.75, 3.05) is 0 Å². The van der Waals surface area contributed by atoms with E-state index in [0.29, 0.717) is 5.92 Å². The molecule has 1 aliphatic carbocycles. The minimum absolute atomic E-state index is 0.134. The van der Waals surface area contributed by atoms with E-state index in [9.17, 15) is 4.79 Å². The maximum absolute atomic E-state index is 12.0. The van der Waals surface area contributed by atoms with Crippen LogP contribution in [0.25, 0.3) is 0 Å². The van der Waals surface area contributed by atoms with Crippen LogP contribution < -0.4 is 11.1 Å². The Kier molecular flexibility index (Phi) is 4.25. The third-order valence-corrected chi connectivity index (χ3v) is 4.51. The molecule has 1 saturated carbocycles. The molecule has 0 aliphatic heterocycles. The maximum atomic E-state index is 12.0. The van der Waals surface area contributed by atoms with Gasteiger partial charge in [-0.1, -0.05) is 50.1 Å². The first kappa shape index (κ1) is 14.1. The number of primary amides is 1. The molecule has 0 spiro atoms. The highest BCUT2D eigenvalue weighted by Gasteiger charge is 2.44. The van der Waals surface area contributed by atoms with Crippen molar-refractivity contribution >= 4 is 5.91 Å². The molecule has 0 unspecified atom stereocenters. The number of carbonyl (C=O) groups is 1. The van der Waals surface area contributed by atoms with Crippen molar-refractivity contribution in [2.24, 2.45) is 11.7 Å². The topological polar surface area (TPSA) is 55.1 Å². The van der Waals surface area contributed by atoms with E-state index in [4.69, 9.17) is 5.73 Å². The molecule has 104 valence electrons. The second-order valence-electron chi connectivity index (χ2n) is 5.76. The average Bonchev–Trinajstić information content (AvgIpc) is 2.42. The number of nitrogens with two attached hydrogens (primary N) is 1. The van der Waals surface area contributed by atoms with Crippen LogP contribution in [0.4, 0.5) is 0 Å². The maximum Gasteiger partial charge on any atom is 0.238 e. The molecule has 19 heavy (non-hydrogen) atoms. The van der Waals surface area contributed by atoms with Crippen molar-refractivity contribution < 1.29 is 4.79 Å². The summed E-state index contributed by atoms with van der Waals surface area (Å²) >= 11 is 0. The first-order valence-electron chi connectivity index (χ1n) is 7.19. The largest absolute Gasteiger partial charge is 0.368 e. The summed E-state index contributed by atoms with van der Waals surface area (Å²) in [5.74, 6) is 0.0902. The molecule has 3 heteroatoms. The quantitative estimate of drug-likeness (QED) is 0.874. The zero-order valence-electron chi connectivity index (χ0n) is 11.9. The average molecular weight is 260 g/mol. The van der Waals surface area contributed by atoms with Gasteiger partial charge in [-0.05, 0) is 31.2 Å². The van der Waals surface area contributed by atoms with Crippen molar-refractivity contribution in [3.8, 4) is 0 Å². The number of hydrogen-bond donors (Lipinski definition) is 2. The molecule has 0 heterocycles. The zero-order valence-corrected chi connectivity index (χ0v) is 11.9. The lowest BCUT2D eigenvalue weighted by Gasteiger charge is -2.42. The van der Waals surface area contributed by atoms with Gasteiger partial charge in [0.2, 0.25) is 5.91 Å². The lowest BCUT2D eigenvalue weighted by atomic mass is 9.72. The first-order chi connectivity index (χ1) is 9.06. The molecule has 0 aromatic heterocycles. The van der Waals surface area contributed by atoms with E-state index in [-0.39, 0.29) is 11.9 Å². The summed E-state index contributed by atoms with van der Waals surface area (Å²) in [4.78, 5) is 12.0. The molecule has 0 saturated heterocycles. The third-order valence-electron chi connectivity index (χ3n) is 4.51. The summed E-state index contributed by atoms with van der Waals surface area (Å²) in [6, 6.07) is 10.3. The van der Waals surface area contributed by atoms with Gasteiger partial charge in [0, 0.05) is 6.04 Å². The van der Waals surface area contributed by atoms with E-state index in [1.807, 2.05) is 18.2 Å². The Labute approximate surface area is 115 Å². The van der Waals surface area contributed by atoms with Gasteiger partial charge >= 0.3 is 0 Å². The molecule has 0 bridgehead atoms. The second-order valence-corrected chi connectivity index (χ2v) is 5.76. The first-order valence-corrected chi connectivity index (χ1v) is 7.19. The van der Waals surface area contributed by atoms with Crippen LogP contribution in [-0.2, 0) is 4.79 Å².